The van der Waals surface area contributed by atoms with Gasteiger partial charge in [-0.1, -0.05) is 24.3 Å². The first-order chi connectivity index (χ1) is 11.6. The number of nitrogens with two attached hydrogens (primary N) is 1. The minimum absolute atomic E-state index is 0.204. The van der Waals surface area contributed by atoms with Crippen molar-refractivity contribution in [1.29, 1.82) is 0 Å². The summed E-state index contributed by atoms with van der Waals surface area (Å²) in [4.78, 5) is 40.1. The van der Waals surface area contributed by atoms with E-state index in [2.05, 4.69) is 10.3 Å². The van der Waals surface area contributed by atoms with Crippen molar-refractivity contribution in [2.75, 3.05) is 5.32 Å². The van der Waals surface area contributed by atoms with Crippen molar-refractivity contribution < 1.29 is 9.59 Å². The summed E-state index contributed by atoms with van der Waals surface area (Å²) in [5.74, 6) is -1.10. The van der Waals surface area contributed by atoms with Crippen LogP contribution in [0.4, 0.5) is 5.69 Å². The van der Waals surface area contributed by atoms with Crippen LogP contribution in [0, 0.1) is 0 Å². The number of hydrogen-bond acceptors (Lipinski definition) is 4. The van der Waals surface area contributed by atoms with Crippen LogP contribution in [0.3, 0.4) is 0 Å². The van der Waals surface area contributed by atoms with Crippen LogP contribution in [0.2, 0.25) is 0 Å². The van der Waals surface area contributed by atoms with Gasteiger partial charge in [-0.15, -0.1) is 0 Å². The second-order valence-corrected chi connectivity index (χ2v) is 5.15. The highest BCUT2D eigenvalue weighted by atomic mass is 16.2. The third kappa shape index (κ3) is 3.00. The summed E-state index contributed by atoms with van der Waals surface area (Å²) in [6.07, 6.45) is 1.32. The molecule has 24 heavy (non-hydrogen) atoms. The Morgan fingerprint density at radius 2 is 1.79 bits per heavy atom. The van der Waals surface area contributed by atoms with Gasteiger partial charge in [-0.2, -0.15) is 0 Å². The van der Waals surface area contributed by atoms with E-state index in [0.29, 0.717) is 16.6 Å². The van der Waals surface area contributed by atoms with Crippen LogP contribution in [0.5, 0.6) is 0 Å². The summed E-state index contributed by atoms with van der Waals surface area (Å²) < 4.78 is 1.21. The van der Waals surface area contributed by atoms with E-state index >= 15 is 0 Å². The zero-order valence-electron chi connectivity index (χ0n) is 12.6. The molecule has 0 saturated heterocycles. The highest BCUT2D eigenvalue weighted by Crippen LogP contribution is 2.14. The number of benzene rings is 2. The number of carbonyl (C=O) groups excluding carboxylic acids is 2. The molecule has 7 nitrogen and oxygen atoms in total. The van der Waals surface area contributed by atoms with Gasteiger partial charge < -0.3 is 11.1 Å². The van der Waals surface area contributed by atoms with Crippen LogP contribution in [-0.4, -0.2) is 21.4 Å². The van der Waals surface area contributed by atoms with Gasteiger partial charge >= 0.3 is 0 Å². The lowest BCUT2D eigenvalue weighted by Gasteiger charge is -2.10. The Labute approximate surface area is 136 Å². The SMILES string of the molecule is NC(=O)c1ccccc1NC(=O)Cn1cnc2ccccc2c1=O. The number of nitrogens with zero attached hydrogens (tertiary/aromatic N) is 2. The number of carbonyl (C=O) groups is 2. The summed E-state index contributed by atoms with van der Waals surface area (Å²) in [7, 11) is 0. The van der Waals surface area contributed by atoms with Crippen molar-refractivity contribution in [2.24, 2.45) is 5.73 Å². The van der Waals surface area contributed by atoms with Gasteiger partial charge in [0.1, 0.15) is 6.54 Å². The van der Waals surface area contributed by atoms with Gasteiger partial charge in [-0.05, 0) is 24.3 Å². The first-order valence-corrected chi connectivity index (χ1v) is 7.19. The van der Waals surface area contributed by atoms with Crippen LogP contribution in [0.15, 0.2) is 59.7 Å². The van der Waals surface area contributed by atoms with Gasteiger partial charge in [0.25, 0.3) is 11.5 Å². The number of para-hydroxylation sites is 2. The number of amides is 2. The molecular formula is C17H14N4O3. The number of nitrogens with one attached hydrogen (secondary N) is 1. The maximum absolute atomic E-state index is 12.4. The molecule has 2 aromatic carbocycles. The Morgan fingerprint density at radius 1 is 1.08 bits per heavy atom. The van der Waals surface area contributed by atoms with Gasteiger partial charge in [0.15, 0.2) is 0 Å². The molecule has 0 aliphatic heterocycles. The molecule has 0 aliphatic rings. The van der Waals surface area contributed by atoms with Crippen molar-refractivity contribution in [3.8, 4) is 0 Å². The Kier molecular flexibility index (Phi) is 4.07. The first-order valence-electron chi connectivity index (χ1n) is 7.19. The van der Waals surface area contributed by atoms with E-state index in [1.807, 2.05) is 0 Å². The van der Waals surface area contributed by atoms with Crippen LogP contribution in [0.25, 0.3) is 10.9 Å². The molecule has 0 aliphatic carbocycles. The van der Waals surface area contributed by atoms with E-state index < -0.39 is 11.8 Å². The van der Waals surface area contributed by atoms with E-state index in [-0.39, 0.29) is 17.7 Å². The van der Waals surface area contributed by atoms with Crippen molar-refractivity contribution in [3.05, 3.63) is 70.8 Å². The normalized spacial score (nSPS) is 10.5. The molecule has 1 heterocycles. The molecule has 3 N–H and O–H groups in total. The predicted octanol–water partition coefficient (Wildman–Crippen LogP) is 1.13. The maximum atomic E-state index is 12.4. The molecule has 3 aromatic rings. The van der Waals surface area contributed by atoms with E-state index in [9.17, 15) is 14.4 Å². The minimum atomic E-state index is -0.643. The van der Waals surface area contributed by atoms with Crippen molar-refractivity contribution >= 4 is 28.4 Å². The standard InChI is InChI=1S/C17H14N4O3/c18-16(23)11-5-1-4-8-14(11)20-15(22)9-21-10-19-13-7-3-2-6-12(13)17(21)24/h1-8,10H,9H2,(H2,18,23)(H,20,22). The quantitative estimate of drug-likeness (QED) is 0.751. The van der Waals surface area contributed by atoms with Gasteiger partial charge in [-0.3, -0.25) is 19.0 Å². The fourth-order valence-corrected chi connectivity index (χ4v) is 2.37. The summed E-state index contributed by atoms with van der Waals surface area (Å²) >= 11 is 0. The molecule has 0 saturated carbocycles. The molecular weight excluding hydrogens is 308 g/mol. The maximum Gasteiger partial charge on any atom is 0.261 e. The Hall–Kier alpha value is -3.48. The third-order valence-electron chi connectivity index (χ3n) is 3.51. The highest BCUT2D eigenvalue weighted by molar-refractivity contribution is 6.02. The van der Waals surface area contributed by atoms with E-state index in [4.69, 9.17) is 5.73 Å². The Balaban J connectivity index is 1.85. The lowest BCUT2D eigenvalue weighted by atomic mass is 10.1. The average Bonchev–Trinajstić information content (AvgIpc) is 2.58. The lowest BCUT2D eigenvalue weighted by molar-refractivity contribution is -0.116. The number of aromatic nitrogens is 2. The molecule has 0 unspecified atom stereocenters. The molecule has 0 fully saturated rings. The number of fused-ring (bicyclic) bond motifs is 1. The third-order valence-corrected chi connectivity index (χ3v) is 3.51. The fourth-order valence-electron chi connectivity index (χ4n) is 2.37. The average molecular weight is 322 g/mol. The van der Waals surface area contributed by atoms with Gasteiger partial charge in [0.05, 0.1) is 28.5 Å². The molecule has 0 bridgehead atoms. The predicted molar refractivity (Wildman–Crippen MR) is 89.6 cm³/mol. The van der Waals surface area contributed by atoms with Crippen LogP contribution in [0.1, 0.15) is 10.4 Å². The van der Waals surface area contributed by atoms with Crippen LogP contribution >= 0.6 is 0 Å². The number of primary amides is 1. The molecule has 2 amide bonds. The fraction of sp³-hybridized carbons (Fsp3) is 0.0588. The van der Waals surface area contributed by atoms with Crippen LogP contribution in [-0.2, 0) is 11.3 Å². The van der Waals surface area contributed by atoms with Gasteiger partial charge in [-0.25, -0.2) is 4.98 Å². The molecule has 3 rings (SSSR count). The molecule has 0 spiro atoms. The molecule has 7 heteroatoms. The topological polar surface area (TPSA) is 107 Å². The monoisotopic (exact) mass is 322 g/mol. The van der Waals surface area contributed by atoms with Gasteiger partial charge in [0.2, 0.25) is 5.91 Å². The zero-order chi connectivity index (χ0) is 17.1. The molecule has 0 atom stereocenters. The molecule has 120 valence electrons. The zero-order valence-corrected chi connectivity index (χ0v) is 12.6. The lowest BCUT2D eigenvalue weighted by Crippen LogP contribution is -2.28. The number of rotatable bonds is 4. The highest BCUT2D eigenvalue weighted by Gasteiger charge is 2.12. The molecule has 0 radical (unpaired) electrons. The summed E-state index contributed by atoms with van der Waals surface area (Å²) in [5, 5.41) is 3.02. The Bertz CT molecular complexity index is 994. The van der Waals surface area contributed by atoms with Gasteiger partial charge in [0, 0.05) is 0 Å². The smallest absolute Gasteiger partial charge is 0.261 e. The van der Waals surface area contributed by atoms with E-state index in [1.165, 1.54) is 17.0 Å². The van der Waals surface area contributed by atoms with Crippen molar-refractivity contribution in [1.82, 2.24) is 9.55 Å². The summed E-state index contributed by atoms with van der Waals surface area (Å²) in [6, 6.07) is 13.3. The van der Waals surface area contributed by atoms with E-state index in [1.54, 1.807) is 42.5 Å². The van der Waals surface area contributed by atoms with Crippen molar-refractivity contribution in [3.63, 3.8) is 0 Å². The minimum Gasteiger partial charge on any atom is -0.366 e. The second-order valence-electron chi connectivity index (χ2n) is 5.15. The van der Waals surface area contributed by atoms with Crippen molar-refractivity contribution in [2.45, 2.75) is 6.54 Å². The summed E-state index contributed by atoms with van der Waals surface area (Å²) in [6.45, 7) is -0.218. The van der Waals surface area contributed by atoms with E-state index in [0.717, 1.165) is 0 Å². The molecule has 1 aromatic heterocycles. The largest absolute Gasteiger partial charge is 0.366 e. The number of anilines is 1. The number of hydrogen-bond donors (Lipinski definition) is 2. The first kappa shape index (κ1) is 15.4. The van der Waals surface area contributed by atoms with Crippen LogP contribution < -0.4 is 16.6 Å². The summed E-state index contributed by atoms with van der Waals surface area (Å²) in [5.41, 5.74) is 6.04. The Morgan fingerprint density at radius 3 is 2.58 bits per heavy atom. The second kappa shape index (κ2) is 6.33.